The predicted octanol–water partition coefficient (Wildman–Crippen LogP) is 2.26. The van der Waals surface area contributed by atoms with Gasteiger partial charge in [0.1, 0.15) is 6.04 Å². The molecule has 6 heteroatoms. The number of carbonyl (C=O) groups is 1. The van der Waals surface area contributed by atoms with Crippen molar-refractivity contribution in [2.45, 2.75) is 31.3 Å². The number of anilines is 1. The molecule has 0 N–H and O–H groups in total. The molecule has 140 valence electrons. The average molecular weight is 363 g/mol. The second-order valence-corrected chi connectivity index (χ2v) is 7.54. The third-order valence-corrected chi connectivity index (χ3v) is 5.90. The Kier molecular flexibility index (Phi) is 4.95. The maximum Gasteiger partial charge on any atom is 0.237 e. The van der Waals surface area contributed by atoms with Crippen molar-refractivity contribution in [2.75, 3.05) is 38.1 Å². The van der Waals surface area contributed by atoms with E-state index in [1.54, 1.807) is 4.90 Å². The van der Waals surface area contributed by atoms with Crippen LogP contribution in [0.5, 0.6) is 0 Å². The van der Waals surface area contributed by atoms with Gasteiger partial charge in [-0.25, -0.2) is 0 Å². The molecule has 2 saturated heterocycles. The molecule has 1 aromatic carbocycles. The zero-order valence-electron chi connectivity index (χ0n) is 15.7. The molecule has 0 radical (unpaired) electrons. The number of rotatable bonds is 4. The zero-order valence-corrected chi connectivity index (χ0v) is 15.7. The molecule has 1 aromatic heterocycles. The molecule has 0 spiro atoms. The SMILES string of the molecule is CN(c1cncc2ccccc12)[C@H]1CCN(CC(=O)N2CCC[C@H]2C#N)C1. The maximum atomic E-state index is 12.6. The predicted molar refractivity (Wildman–Crippen MR) is 105 cm³/mol. The van der Waals surface area contributed by atoms with E-state index in [9.17, 15) is 10.1 Å². The van der Waals surface area contributed by atoms with Crippen molar-refractivity contribution in [1.82, 2.24) is 14.8 Å². The van der Waals surface area contributed by atoms with E-state index in [-0.39, 0.29) is 11.9 Å². The summed E-state index contributed by atoms with van der Waals surface area (Å²) >= 11 is 0. The molecule has 27 heavy (non-hydrogen) atoms. The van der Waals surface area contributed by atoms with Crippen LogP contribution in [0.2, 0.25) is 0 Å². The summed E-state index contributed by atoms with van der Waals surface area (Å²) in [6.45, 7) is 2.90. The summed E-state index contributed by atoms with van der Waals surface area (Å²) in [5, 5.41) is 11.6. The number of nitrogens with zero attached hydrogens (tertiary/aromatic N) is 5. The van der Waals surface area contributed by atoms with Crippen LogP contribution in [0.15, 0.2) is 36.7 Å². The van der Waals surface area contributed by atoms with Crippen LogP contribution in [-0.2, 0) is 4.79 Å². The Hall–Kier alpha value is -2.65. The highest BCUT2D eigenvalue weighted by Gasteiger charge is 2.32. The number of fused-ring (bicyclic) bond motifs is 1. The van der Waals surface area contributed by atoms with E-state index in [0.29, 0.717) is 12.6 Å². The maximum absolute atomic E-state index is 12.6. The quantitative estimate of drug-likeness (QED) is 0.834. The summed E-state index contributed by atoms with van der Waals surface area (Å²) in [6, 6.07) is 10.7. The lowest BCUT2D eigenvalue weighted by atomic mass is 10.1. The fourth-order valence-electron chi connectivity index (χ4n) is 4.33. The minimum absolute atomic E-state index is 0.0918. The molecule has 2 fully saturated rings. The van der Waals surface area contributed by atoms with Crippen molar-refractivity contribution >= 4 is 22.4 Å². The minimum atomic E-state index is -0.236. The lowest BCUT2D eigenvalue weighted by molar-refractivity contribution is -0.132. The molecule has 1 amide bonds. The number of pyridine rings is 1. The smallest absolute Gasteiger partial charge is 0.237 e. The van der Waals surface area contributed by atoms with Gasteiger partial charge in [0.05, 0.1) is 24.5 Å². The summed E-state index contributed by atoms with van der Waals surface area (Å²) in [7, 11) is 2.12. The summed E-state index contributed by atoms with van der Waals surface area (Å²) in [6.07, 6.45) is 6.59. The Labute approximate surface area is 160 Å². The van der Waals surface area contributed by atoms with Gasteiger partial charge in [-0.2, -0.15) is 5.26 Å². The number of hydrogen-bond acceptors (Lipinski definition) is 5. The van der Waals surface area contributed by atoms with Crippen LogP contribution in [0.3, 0.4) is 0 Å². The largest absolute Gasteiger partial charge is 0.369 e. The molecule has 0 bridgehead atoms. The standard InChI is InChI=1S/C21H25N5O/c1-24(20-13-23-12-16-5-2-3-7-19(16)20)18-8-10-25(14-18)15-21(27)26-9-4-6-17(26)11-22/h2-3,5,7,12-13,17-18H,4,6,8-10,14-15H2,1H3/t17-,18-/m0/s1. The summed E-state index contributed by atoms with van der Waals surface area (Å²) in [4.78, 5) is 23.3. The van der Waals surface area contributed by atoms with Crippen LogP contribution in [0.4, 0.5) is 5.69 Å². The monoisotopic (exact) mass is 363 g/mol. The average Bonchev–Trinajstić information content (AvgIpc) is 3.36. The first-order valence-electron chi connectivity index (χ1n) is 9.64. The second-order valence-electron chi connectivity index (χ2n) is 7.54. The Morgan fingerprint density at radius 1 is 1.30 bits per heavy atom. The lowest BCUT2D eigenvalue weighted by Gasteiger charge is -2.28. The van der Waals surface area contributed by atoms with Crippen molar-refractivity contribution < 1.29 is 4.79 Å². The first-order valence-corrected chi connectivity index (χ1v) is 9.64. The van der Waals surface area contributed by atoms with Gasteiger partial charge < -0.3 is 9.80 Å². The fourth-order valence-corrected chi connectivity index (χ4v) is 4.33. The number of benzene rings is 1. The molecule has 2 aliphatic rings. The number of likely N-dealkylation sites (tertiary alicyclic amines) is 2. The molecule has 3 heterocycles. The van der Waals surface area contributed by atoms with Crippen molar-refractivity contribution in [3.63, 3.8) is 0 Å². The Balaban J connectivity index is 1.42. The van der Waals surface area contributed by atoms with E-state index in [2.05, 4.69) is 46.1 Å². The van der Waals surface area contributed by atoms with Crippen LogP contribution < -0.4 is 4.90 Å². The Bertz CT molecular complexity index is 871. The van der Waals surface area contributed by atoms with Gasteiger partial charge >= 0.3 is 0 Å². The zero-order chi connectivity index (χ0) is 18.8. The normalized spacial score (nSPS) is 22.9. The van der Waals surface area contributed by atoms with Crippen molar-refractivity contribution in [2.24, 2.45) is 0 Å². The topological polar surface area (TPSA) is 63.5 Å². The van der Waals surface area contributed by atoms with Crippen LogP contribution in [0.25, 0.3) is 10.8 Å². The summed E-state index contributed by atoms with van der Waals surface area (Å²) in [5.41, 5.74) is 1.13. The molecule has 4 rings (SSSR count). The second kappa shape index (κ2) is 7.53. The molecule has 2 aliphatic heterocycles. The van der Waals surface area contributed by atoms with Gasteiger partial charge in [-0.1, -0.05) is 24.3 Å². The van der Waals surface area contributed by atoms with Gasteiger partial charge in [-0.3, -0.25) is 14.7 Å². The third kappa shape index (κ3) is 3.47. The lowest BCUT2D eigenvalue weighted by Crippen LogP contribution is -2.42. The number of aromatic nitrogens is 1. The number of amides is 1. The van der Waals surface area contributed by atoms with Gasteiger partial charge in [0.15, 0.2) is 0 Å². The molecule has 6 nitrogen and oxygen atoms in total. The fraction of sp³-hybridized carbons (Fsp3) is 0.476. The first-order chi connectivity index (χ1) is 13.2. The van der Waals surface area contributed by atoms with Gasteiger partial charge in [-0.05, 0) is 19.3 Å². The van der Waals surface area contributed by atoms with Gasteiger partial charge in [0, 0.05) is 49.7 Å². The van der Waals surface area contributed by atoms with Crippen molar-refractivity contribution in [3.8, 4) is 6.07 Å². The molecule has 0 aliphatic carbocycles. The summed E-state index contributed by atoms with van der Waals surface area (Å²) < 4.78 is 0. The number of carbonyl (C=O) groups excluding carboxylic acids is 1. The van der Waals surface area contributed by atoms with Crippen molar-refractivity contribution in [1.29, 1.82) is 5.26 Å². The highest BCUT2D eigenvalue weighted by atomic mass is 16.2. The Morgan fingerprint density at radius 2 is 2.15 bits per heavy atom. The van der Waals surface area contributed by atoms with E-state index >= 15 is 0 Å². The Morgan fingerprint density at radius 3 is 3.00 bits per heavy atom. The van der Waals surface area contributed by atoms with E-state index in [1.807, 2.05) is 18.5 Å². The van der Waals surface area contributed by atoms with E-state index in [4.69, 9.17) is 0 Å². The molecule has 0 unspecified atom stereocenters. The first kappa shape index (κ1) is 17.7. The van der Waals surface area contributed by atoms with Crippen LogP contribution >= 0.6 is 0 Å². The van der Waals surface area contributed by atoms with Gasteiger partial charge in [0.2, 0.25) is 5.91 Å². The molecule has 2 aromatic rings. The number of hydrogen-bond donors (Lipinski definition) is 0. The van der Waals surface area contributed by atoms with E-state index < -0.39 is 0 Å². The van der Waals surface area contributed by atoms with Gasteiger partial charge in [-0.15, -0.1) is 0 Å². The minimum Gasteiger partial charge on any atom is -0.369 e. The van der Waals surface area contributed by atoms with Crippen LogP contribution in [0.1, 0.15) is 19.3 Å². The molecular formula is C21H25N5O. The van der Waals surface area contributed by atoms with Gasteiger partial charge in [0.25, 0.3) is 0 Å². The summed E-state index contributed by atoms with van der Waals surface area (Å²) in [5.74, 6) is 0.0918. The van der Waals surface area contributed by atoms with Crippen molar-refractivity contribution in [3.05, 3.63) is 36.7 Å². The highest BCUT2D eigenvalue weighted by Crippen LogP contribution is 2.28. The van der Waals surface area contributed by atoms with E-state index in [0.717, 1.165) is 50.0 Å². The third-order valence-electron chi connectivity index (χ3n) is 5.90. The van der Waals surface area contributed by atoms with Crippen LogP contribution in [0, 0.1) is 11.3 Å². The number of nitriles is 1. The molecule has 0 saturated carbocycles. The molecular weight excluding hydrogens is 338 g/mol. The van der Waals surface area contributed by atoms with Crippen LogP contribution in [-0.4, -0.2) is 66.0 Å². The molecule has 2 atom stereocenters. The highest BCUT2D eigenvalue weighted by molar-refractivity contribution is 5.93. The number of likely N-dealkylation sites (N-methyl/N-ethyl adjacent to an activating group) is 1. The van der Waals surface area contributed by atoms with E-state index in [1.165, 1.54) is 5.39 Å².